The van der Waals surface area contributed by atoms with Gasteiger partial charge in [0.05, 0.1) is 17.8 Å². The van der Waals surface area contributed by atoms with Crippen LogP contribution in [0.25, 0.3) is 0 Å². The lowest BCUT2D eigenvalue weighted by Gasteiger charge is -2.40. The smallest absolute Gasteiger partial charge is 0.0779 e. The molecule has 90 valence electrons. The third-order valence-electron chi connectivity index (χ3n) is 3.39. The highest BCUT2D eigenvalue weighted by molar-refractivity contribution is 4.90. The van der Waals surface area contributed by atoms with Gasteiger partial charge in [0.1, 0.15) is 0 Å². The maximum atomic E-state index is 5.77. The molecule has 15 heavy (non-hydrogen) atoms. The van der Waals surface area contributed by atoms with Crippen molar-refractivity contribution in [1.29, 1.82) is 0 Å². The fraction of sp³-hybridized carbons (Fsp3) is 1.00. The molecule has 1 aliphatic rings. The van der Waals surface area contributed by atoms with Crippen LogP contribution in [-0.2, 0) is 9.47 Å². The summed E-state index contributed by atoms with van der Waals surface area (Å²) in [7, 11) is 1.77. The summed E-state index contributed by atoms with van der Waals surface area (Å²) in [4.78, 5) is 0. The topological polar surface area (TPSA) is 30.5 Å². The second-order valence-corrected chi connectivity index (χ2v) is 5.46. The van der Waals surface area contributed by atoms with Gasteiger partial charge in [-0.05, 0) is 40.5 Å². The van der Waals surface area contributed by atoms with E-state index in [9.17, 15) is 0 Å². The van der Waals surface area contributed by atoms with Crippen LogP contribution >= 0.6 is 0 Å². The molecule has 1 atom stereocenters. The molecule has 0 spiro atoms. The Hall–Kier alpha value is -0.120. The zero-order chi connectivity index (χ0) is 11.5. The van der Waals surface area contributed by atoms with Gasteiger partial charge in [0, 0.05) is 19.7 Å². The first-order chi connectivity index (χ1) is 6.87. The molecule has 0 aromatic carbocycles. The van der Waals surface area contributed by atoms with E-state index in [2.05, 4.69) is 33.0 Å². The van der Waals surface area contributed by atoms with Crippen molar-refractivity contribution >= 4 is 0 Å². The van der Waals surface area contributed by atoms with Gasteiger partial charge in [0.25, 0.3) is 0 Å². The SMILES string of the molecule is COC(C)(C)CCC1NCCOC1(C)C. The summed E-state index contributed by atoms with van der Waals surface area (Å²) in [6.07, 6.45) is 2.14. The Morgan fingerprint density at radius 1 is 1.47 bits per heavy atom. The van der Waals surface area contributed by atoms with Crippen molar-refractivity contribution in [2.45, 2.75) is 57.8 Å². The van der Waals surface area contributed by atoms with Gasteiger partial charge in [-0.3, -0.25) is 0 Å². The minimum absolute atomic E-state index is 0.0325. The van der Waals surface area contributed by atoms with E-state index in [1.165, 1.54) is 0 Å². The molecular formula is C12H25NO2. The van der Waals surface area contributed by atoms with Crippen LogP contribution in [0.15, 0.2) is 0 Å². The molecule has 0 bridgehead atoms. The predicted octanol–water partition coefficient (Wildman–Crippen LogP) is 1.96. The Kier molecular flexibility index (Phi) is 4.15. The normalized spacial score (nSPS) is 26.6. The molecule has 1 N–H and O–H groups in total. The van der Waals surface area contributed by atoms with Crippen molar-refractivity contribution in [3.8, 4) is 0 Å². The van der Waals surface area contributed by atoms with Crippen LogP contribution in [0.3, 0.4) is 0 Å². The minimum atomic E-state index is -0.0535. The lowest BCUT2D eigenvalue weighted by atomic mass is 9.89. The van der Waals surface area contributed by atoms with Crippen LogP contribution in [0.2, 0.25) is 0 Å². The summed E-state index contributed by atoms with van der Waals surface area (Å²) in [5.41, 5.74) is -0.0860. The van der Waals surface area contributed by atoms with Crippen molar-refractivity contribution in [2.75, 3.05) is 20.3 Å². The van der Waals surface area contributed by atoms with Crippen LogP contribution in [0.5, 0.6) is 0 Å². The first-order valence-electron chi connectivity index (χ1n) is 5.80. The molecular weight excluding hydrogens is 190 g/mol. The molecule has 3 nitrogen and oxygen atoms in total. The highest BCUT2D eigenvalue weighted by Crippen LogP contribution is 2.25. The van der Waals surface area contributed by atoms with Gasteiger partial charge in [-0.25, -0.2) is 0 Å². The number of morpholine rings is 1. The second kappa shape index (κ2) is 4.81. The average Bonchev–Trinajstić information content (AvgIpc) is 2.16. The fourth-order valence-corrected chi connectivity index (χ4v) is 1.94. The van der Waals surface area contributed by atoms with Crippen molar-refractivity contribution in [3.63, 3.8) is 0 Å². The van der Waals surface area contributed by atoms with Gasteiger partial charge < -0.3 is 14.8 Å². The van der Waals surface area contributed by atoms with Crippen LogP contribution in [0.4, 0.5) is 0 Å². The summed E-state index contributed by atoms with van der Waals surface area (Å²) < 4.78 is 11.2. The Bertz CT molecular complexity index is 202. The minimum Gasteiger partial charge on any atom is -0.379 e. The quantitative estimate of drug-likeness (QED) is 0.777. The molecule has 0 aliphatic carbocycles. The highest BCUT2D eigenvalue weighted by atomic mass is 16.5. The monoisotopic (exact) mass is 215 g/mol. The van der Waals surface area contributed by atoms with Crippen LogP contribution < -0.4 is 5.32 Å². The van der Waals surface area contributed by atoms with Crippen molar-refractivity contribution in [1.82, 2.24) is 5.32 Å². The van der Waals surface area contributed by atoms with E-state index in [1.807, 2.05) is 0 Å². The number of hydrogen-bond acceptors (Lipinski definition) is 3. The van der Waals surface area contributed by atoms with Gasteiger partial charge in [0.15, 0.2) is 0 Å². The molecule has 1 aliphatic heterocycles. The predicted molar refractivity (Wildman–Crippen MR) is 62.1 cm³/mol. The lowest BCUT2D eigenvalue weighted by Crippen LogP contribution is -2.55. The Morgan fingerprint density at radius 2 is 2.13 bits per heavy atom. The number of methoxy groups -OCH3 is 1. The third kappa shape index (κ3) is 3.74. The van der Waals surface area contributed by atoms with Gasteiger partial charge >= 0.3 is 0 Å². The first kappa shape index (κ1) is 12.9. The van der Waals surface area contributed by atoms with E-state index >= 15 is 0 Å². The maximum absolute atomic E-state index is 5.77. The van der Waals surface area contributed by atoms with Crippen molar-refractivity contribution in [3.05, 3.63) is 0 Å². The molecule has 1 rings (SSSR count). The Morgan fingerprint density at radius 3 is 2.67 bits per heavy atom. The molecule has 3 heteroatoms. The molecule has 0 amide bonds. The van der Waals surface area contributed by atoms with E-state index in [1.54, 1.807) is 7.11 Å². The van der Waals surface area contributed by atoms with Gasteiger partial charge in [-0.2, -0.15) is 0 Å². The first-order valence-corrected chi connectivity index (χ1v) is 5.80. The molecule has 1 saturated heterocycles. The molecule has 1 fully saturated rings. The summed E-state index contributed by atoms with van der Waals surface area (Å²) in [6, 6.07) is 0.431. The van der Waals surface area contributed by atoms with Gasteiger partial charge in [0.2, 0.25) is 0 Å². The van der Waals surface area contributed by atoms with E-state index in [0.717, 1.165) is 26.0 Å². The van der Waals surface area contributed by atoms with Crippen molar-refractivity contribution in [2.24, 2.45) is 0 Å². The van der Waals surface area contributed by atoms with E-state index in [-0.39, 0.29) is 11.2 Å². The molecule has 1 unspecified atom stereocenters. The van der Waals surface area contributed by atoms with Crippen LogP contribution in [-0.4, -0.2) is 37.5 Å². The highest BCUT2D eigenvalue weighted by Gasteiger charge is 2.34. The summed E-state index contributed by atoms with van der Waals surface area (Å²) in [5.74, 6) is 0. The zero-order valence-electron chi connectivity index (χ0n) is 10.7. The second-order valence-electron chi connectivity index (χ2n) is 5.46. The standard InChI is InChI=1S/C12H25NO2/c1-11(2,14-5)7-6-10-12(3,4)15-9-8-13-10/h10,13H,6-9H2,1-5H3. The van der Waals surface area contributed by atoms with Crippen molar-refractivity contribution < 1.29 is 9.47 Å². The number of ether oxygens (including phenoxy) is 2. The summed E-state index contributed by atoms with van der Waals surface area (Å²) in [6.45, 7) is 10.3. The van der Waals surface area contributed by atoms with Gasteiger partial charge in [-0.1, -0.05) is 0 Å². The molecule has 0 radical (unpaired) electrons. The number of rotatable bonds is 4. The van der Waals surface area contributed by atoms with Gasteiger partial charge in [-0.15, -0.1) is 0 Å². The molecule has 0 aromatic heterocycles. The third-order valence-corrected chi connectivity index (χ3v) is 3.39. The number of nitrogens with one attached hydrogen (secondary N) is 1. The largest absolute Gasteiger partial charge is 0.379 e. The van der Waals surface area contributed by atoms with Crippen LogP contribution in [0, 0.1) is 0 Å². The zero-order valence-corrected chi connectivity index (χ0v) is 10.7. The maximum Gasteiger partial charge on any atom is 0.0779 e. The average molecular weight is 215 g/mol. The fourth-order valence-electron chi connectivity index (χ4n) is 1.94. The van der Waals surface area contributed by atoms with E-state index in [4.69, 9.17) is 9.47 Å². The summed E-state index contributed by atoms with van der Waals surface area (Å²) in [5, 5.41) is 3.53. The number of hydrogen-bond donors (Lipinski definition) is 1. The Balaban J connectivity index is 2.43. The molecule has 0 aromatic rings. The Labute approximate surface area is 93.5 Å². The molecule has 1 heterocycles. The molecule has 0 saturated carbocycles. The van der Waals surface area contributed by atoms with Crippen LogP contribution in [0.1, 0.15) is 40.5 Å². The van der Waals surface area contributed by atoms with E-state index in [0.29, 0.717) is 6.04 Å². The van der Waals surface area contributed by atoms with E-state index < -0.39 is 0 Å². The lowest BCUT2D eigenvalue weighted by molar-refractivity contribution is -0.0792. The summed E-state index contributed by atoms with van der Waals surface area (Å²) >= 11 is 0.